The lowest BCUT2D eigenvalue weighted by molar-refractivity contribution is -0.133. The second kappa shape index (κ2) is 6.58. The van der Waals surface area contributed by atoms with Crippen molar-refractivity contribution in [2.45, 2.75) is 12.3 Å². The lowest BCUT2D eigenvalue weighted by Gasteiger charge is -2.12. The number of ketones is 1. The summed E-state index contributed by atoms with van der Waals surface area (Å²) >= 11 is 0. The predicted molar refractivity (Wildman–Crippen MR) is 68.7 cm³/mol. The second-order valence-electron chi connectivity index (χ2n) is 3.89. The van der Waals surface area contributed by atoms with Crippen LogP contribution >= 0.6 is 0 Å². The van der Waals surface area contributed by atoms with E-state index in [9.17, 15) is 14.0 Å². The second-order valence-corrected chi connectivity index (χ2v) is 3.89. The summed E-state index contributed by atoms with van der Waals surface area (Å²) in [5, 5.41) is 7.34. The Bertz CT molecular complexity index is 525. The van der Waals surface area contributed by atoms with Gasteiger partial charge in [-0.3, -0.25) is 10.2 Å². The number of benzene rings is 1. The maximum Gasteiger partial charge on any atom is 0.359 e. The van der Waals surface area contributed by atoms with Crippen LogP contribution in [0.1, 0.15) is 17.9 Å². The van der Waals surface area contributed by atoms with E-state index in [-0.39, 0.29) is 6.42 Å². The average molecular weight is 263 g/mol. The van der Waals surface area contributed by atoms with Crippen LogP contribution in [0.3, 0.4) is 0 Å². The first-order chi connectivity index (χ1) is 8.99. The van der Waals surface area contributed by atoms with Crippen molar-refractivity contribution in [3.8, 4) is 0 Å². The van der Waals surface area contributed by atoms with Crippen LogP contribution in [0.15, 0.2) is 36.9 Å². The van der Waals surface area contributed by atoms with E-state index in [2.05, 4.69) is 11.3 Å². The minimum absolute atomic E-state index is 0.124. The zero-order valence-corrected chi connectivity index (χ0v) is 10.5. The molecule has 1 aromatic carbocycles. The first-order valence-corrected chi connectivity index (χ1v) is 5.57. The fraction of sp³-hybridized carbons (Fsp3) is 0.214. The van der Waals surface area contributed by atoms with Gasteiger partial charge >= 0.3 is 5.97 Å². The van der Waals surface area contributed by atoms with Crippen LogP contribution in [0.25, 0.3) is 0 Å². The predicted octanol–water partition coefficient (Wildman–Crippen LogP) is 2.25. The summed E-state index contributed by atoms with van der Waals surface area (Å²) in [7, 11) is 1.10. The van der Waals surface area contributed by atoms with E-state index < -0.39 is 29.2 Å². The molecule has 0 radical (unpaired) electrons. The van der Waals surface area contributed by atoms with Crippen LogP contribution in [0.2, 0.25) is 0 Å². The summed E-state index contributed by atoms with van der Waals surface area (Å²) in [4.78, 5) is 22.8. The van der Waals surface area contributed by atoms with Crippen LogP contribution < -0.4 is 0 Å². The van der Waals surface area contributed by atoms with Crippen molar-refractivity contribution in [3.63, 3.8) is 0 Å². The fourth-order valence-electron chi connectivity index (χ4n) is 1.59. The molecule has 0 unspecified atom stereocenters. The number of nitrogens with one attached hydrogen (secondary N) is 1. The Morgan fingerprint density at radius 2 is 2.21 bits per heavy atom. The highest BCUT2D eigenvalue weighted by atomic mass is 19.1. The molecule has 0 bridgehead atoms. The molecule has 1 N–H and O–H groups in total. The number of ether oxygens (including phenoxy) is 1. The van der Waals surface area contributed by atoms with Gasteiger partial charge < -0.3 is 4.74 Å². The summed E-state index contributed by atoms with van der Waals surface area (Å²) in [5.41, 5.74) is -0.147. The van der Waals surface area contributed by atoms with Gasteiger partial charge in [0.05, 0.1) is 7.11 Å². The zero-order chi connectivity index (χ0) is 14.4. The highest BCUT2D eigenvalue weighted by Gasteiger charge is 2.22. The van der Waals surface area contributed by atoms with Crippen LogP contribution in [0.4, 0.5) is 4.39 Å². The summed E-state index contributed by atoms with van der Waals surface area (Å²) in [5.74, 6) is -2.51. The van der Waals surface area contributed by atoms with E-state index in [0.29, 0.717) is 5.56 Å². The smallest absolute Gasteiger partial charge is 0.359 e. The maximum atomic E-state index is 13.1. The minimum Gasteiger partial charge on any atom is -0.464 e. The summed E-state index contributed by atoms with van der Waals surface area (Å²) in [6.07, 6.45) is 1.36. The molecule has 0 aromatic heterocycles. The Kier molecular flexibility index (Phi) is 5.11. The molecule has 4 nitrogen and oxygen atoms in total. The van der Waals surface area contributed by atoms with Crippen LogP contribution in [-0.2, 0) is 14.3 Å². The first kappa shape index (κ1) is 14.8. The van der Waals surface area contributed by atoms with Gasteiger partial charge in [-0.25, -0.2) is 9.18 Å². The quantitative estimate of drug-likeness (QED) is 0.370. The molecule has 0 amide bonds. The van der Waals surface area contributed by atoms with Gasteiger partial charge in [0, 0.05) is 12.3 Å². The van der Waals surface area contributed by atoms with Crippen molar-refractivity contribution in [2.75, 3.05) is 7.11 Å². The maximum absolute atomic E-state index is 13.1. The molecule has 19 heavy (non-hydrogen) atoms. The minimum atomic E-state index is -0.980. The Hall–Kier alpha value is -2.30. The number of hydrogen-bond acceptors (Lipinski definition) is 4. The molecule has 0 heterocycles. The van der Waals surface area contributed by atoms with Crippen molar-refractivity contribution >= 4 is 17.5 Å². The molecule has 0 saturated heterocycles. The molecular formula is C14H14FNO3. The first-order valence-electron chi connectivity index (χ1n) is 5.57. The molecule has 0 spiro atoms. The average Bonchev–Trinajstić information content (AvgIpc) is 2.42. The third kappa shape index (κ3) is 3.84. The summed E-state index contributed by atoms with van der Waals surface area (Å²) < 4.78 is 17.4. The van der Waals surface area contributed by atoms with Crippen molar-refractivity contribution in [1.29, 1.82) is 5.41 Å². The van der Waals surface area contributed by atoms with E-state index >= 15 is 0 Å². The normalized spacial score (nSPS) is 11.5. The van der Waals surface area contributed by atoms with Gasteiger partial charge in [0.2, 0.25) is 0 Å². The summed E-state index contributed by atoms with van der Waals surface area (Å²) in [6.45, 7) is 3.58. The standard InChI is InChI=1S/C14H14FNO3/c1-3-9(10-5-4-6-11(15)7-10)8-12(17)13(16)14(18)19-2/h3-7,9,16H,1,8H2,2H3/t9-/m1/s1. The van der Waals surface area contributed by atoms with Crippen molar-refractivity contribution in [1.82, 2.24) is 0 Å². The number of allylic oxidation sites excluding steroid dienone is 1. The molecule has 1 atom stereocenters. The molecule has 0 fully saturated rings. The lowest BCUT2D eigenvalue weighted by Crippen LogP contribution is -2.25. The number of rotatable bonds is 6. The molecule has 1 rings (SSSR count). The molecule has 0 aliphatic rings. The van der Waals surface area contributed by atoms with E-state index in [0.717, 1.165) is 7.11 Å². The number of carbonyl (C=O) groups is 2. The molecule has 5 heteroatoms. The van der Waals surface area contributed by atoms with Crippen molar-refractivity contribution < 1.29 is 18.7 Å². The van der Waals surface area contributed by atoms with E-state index in [1.807, 2.05) is 0 Å². The number of hydrogen-bond donors (Lipinski definition) is 1. The summed E-state index contributed by atoms with van der Waals surface area (Å²) in [6, 6.07) is 5.77. The van der Waals surface area contributed by atoms with Gasteiger partial charge in [-0.2, -0.15) is 0 Å². The largest absolute Gasteiger partial charge is 0.464 e. The van der Waals surface area contributed by atoms with Gasteiger partial charge in [0.1, 0.15) is 5.82 Å². The third-order valence-electron chi connectivity index (χ3n) is 2.64. The Morgan fingerprint density at radius 1 is 1.53 bits per heavy atom. The van der Waals surface area contributed by atoms with Gasteiger partial charge in [-0.1, -0.05) is 18.2 Å². The number of methoxy groups -OCH3 is 1. The van der Waals surface area contributed by atoms with E-state index in [4.69, 9.17) is 5.41 Å². The molecule has 0 saturated carbocycles. The Morgan fingerprint density at radius 3 is 2.74 bits per heavy atom. The third-order valence-corrected chi connectivity index (χ3v) is 2.64. The van der Waals surface area contributed by atoms with Crippen LogP contribution in [-0.4, -0.2) is 24.6 Å². The van der Waals surface area contributed by atoms with Gasteiger partial charge in [-0.15, -0.1) is 6.58 Å². The van der Waals surface area contributed by atoms with Crippen LogP contribution in [0, 0.1) is 11.2 Å². The van der Waals surface area contributed by atoms with E-state index in [1.165, 1.54) is 24.3 Å². The topological polar surface area (TPSA) is 67.2 Å². The number of Topliss-reactive ketones (excluding diaryl/α,β-unsaturated/α-hetero) is 1. The van der Waals surface area contributed by atoms with Gasteiger partial charge in [0.25, 0.3) is 0 Å². The van der Waals surface area contributed by atoms with Gasteiger partial charge in [-0.05, 0) is 17.7 Å². The highest BCUT2D eigenvalue weighted by Crippen LogP contribution is 2.22. The van der Waals surface area contributed by atoms with Crippen molar-refractivity contribution in [3.05, 3.63) is 48.3 Å². The molecule has 100 valence electrons. The molecule has 0 aliphatic carbocycles. The number of halogens is 1. The lowest BCUT2D eigenvalue weighted by atomic mass is 9.92. The van der Waals surface area contributed by atoms with Crippen molar-refractivity contribution in [2.24, 2.45) is 0 Å². The zero-order valence-electron chi connectivity index (χ0n) is 10.5. The monoisotopic (exact) mass is 263 g/mol. The fourth-order valence-corrected chi connectivity index (χ4v) is 1.59. The highest BCUT2D eigenvalue weighted by molar-refractivity contribution is 6.63. The Labute approximate surface area is 110 Å². The van der Waals surface area contributed by atoms with E-state index in [1.54, 1.807) is 6.07 Å². The van der Waals surface area contributed by atoms with Gasteiger partial charge in [0.15, 0.2) is 11.5 Å². The molecule has 1 aromatic rings. The molecular weight excluding hydrogens is 249 g/mol. The molecule has 0 aliphatic heterocycles. The Balaban J connectivity index is 2.83. The number of carbonyl (C=O) groups excluding carboxylic acids is 2. The number of esters is 1. The van der Waals surface area contributed by atoms with Crippen LogP contribution in [0.5, 0.6) is 0 Å². The SMILES string of the molecule is C=C[C@H](CC(=O)C(=N)C(=O)OC)c1cccc(F)c1.